The third kappa shape index (κ3) is 1.85. The number of allylic oxidation sites excluding steroid dienone is 2. The van der Waals surface area contributed by atoms with Crippen LogP contribution in [-0.4, -0.2) is 29.1 Å². The van der Waals surface area contributed by atoms with E-state index in [0.29, 0.717) is 6.54 Å². The monoisotopic (exact) mass is 169 g/mol. The Morgan fingerprint density at radius 3 is 2.92 bits per heavy atom. The SMILES string of the molecule is CCN(C(=O)CO)C1=CCCC1. The summed E-state index contributed by atoms with van der Waals surface area (Å²) >= 11 is 0. The number of hydrogen-bond donors (Lipinski definition) is 1. The maximum absolute atomic E-state index is 11.2. The Bertz CT molecular complexity index is 199. The second-order valence-electron chi connectivity index (χ2n) is 2.88. The summed E-state index contributed by atoms with van der Waals surface area (Å²) in [6, 6.07) is 0. The molecule has 1 N–H and O–H groups in total. The molecule has 0 fully saturated rings. The minimum absolute atomic E-state index is 0.189. The van der Waals surface area contributed by atoms with E-state index in [1.165, 1.54) is 0 Å². The van der Waals surface area contributed by atoms with Gasteiger partial charge >= 0.3 is 0 Å². The van der Waals surface area contributed by atoms with Gasteiger partial charge in [0, 0.05) is 12.2 Å². The molecule has 0 aromatic heterocycles. The van der Waals surface area contributed by atoms with Crippen LogP contribution in [0.25, 0.3) is 0 Å². The molecule has 1 aliphatic rings. The number of rotatable bonds is 3. The Morgan fingerprint density at radius 2 is 2.50 bits per heavy atom. The molecule has 0 unspecified atom stereocenters. The standard InChI is InChI=1S/C9H15NO2/c1-2-10(9(12)7-11)8-5-3-4-6-8/h5,11H,2-4,6-7H2,1H3. The van der Waals surface area contributed by atoms with Crippen molar-refractivity contribution in [1.29, 1.82) is 0 Å². The summed E-state index contributed by atoms with van der Waals surface area (Å²) in [5.41, 5.74) is 1.08. The molecule has 12 heavy (non-hydrogen) atoms. The molecular formula is C9H15NO2. The fourth-order valence-corrected chi connectivity index (χ4v) is 1.52. The van der Waals surface area contributed by atoms with E-state index < -0.39 is 0 Å². The Balaban J connectivity index is 2.60. The van der Waals surface area contributed by atoms with Crippen molar-refractivity contribution in [3.05, 3.63) is 11.8 Å². The molecule has 0 aromatic rings. The van der Waals surface area contributed by atoms with E-state index in [0.717, 1.165) is 25.0 Å². The summed E-state index contributed by atoms with van der Waals surface area (Å²) < 4.78 is 0. The topological polar surface area (TPSA) is 40.5 Å². The van der Waals surface area contributed by atoms with Gasteiger partial charge in [0.15, 0.2) is 0 Å². The summed E-state index contributed by atoms with van der Waals surface area (Å²) in [6.45, 7) is 2.20. The summed E-state index contributed by atoms with van der Waals surface area (Å²) in [7, 11) is 0. The van der Waals surface area contributed by atoms with Crippen molar-refractivity contribution in [2.24, 2.45) is 0 Å². The first-order chi connectivity index (χ1) is 5.79. The Labute approximate surface area is 72.7 Å². The predicted molar refractivity (Wildman–Crippen MR) is 46.4 cm³/mol. The lowest BCUT2D eigenvalue weighted by Gasteiger charge is -2.20. The van der Waals surface area contributed by atoms with Gasteiger partial charge in [-0.1, -0.05) is 6.08 Å². The highest BCUT2D eigenvalue weighted by Gasteiger charge is 2.16. The van der Waals surface area contributed by atoms with Gasteiger partial charge in [-0.3, -0.25) is 4.79 Å². The van der Waals surface area contributed by atoms with Crippen LogP contribution < -0.4 is 0 Å². The number of aliphatic hydroxyl groups excluding tert-OH is 1. The van der Waals surface area contributed by atoms with Crippen molar-refractivity contribution in [3.63, 3.8) is 0 Å². The first kappa shape index (κ1) is 9.26. The Kier molecular flexibility index (Phi) is 3.29. The molecule has 3 nitrogen and oxygen atoms in total. The number of likely N-dealkylation sites (N-methyl/N-ethyl adjacent to an activating group) is 1. The molecule has 3 heteroatoms. The second kappa shape index (κ2) is 4.26. The largest absolute Gasteiger partial charge is 0.387 e. The normalized spacial score (nSPS) is 16.0. The van der Waals surface area contributed by atoms with Crippen LogP contribution in [0.1, 0.15) is 26.2 Å². The molecule has 68 valence electrons. The van der Waals surface area contributed by atoms with Crippen molar-refractivity contribution < 1.29 is 9.90 Å². The van der Waals surface area contributed by atoms with Crippen LogP contribution in [-0.2, 0) is 4.79 Å². The number of hydrogen-bond acceptors (Lipinski definition) is 2. The first-order valence-electron chi connectivity index (χ1n) is 4.39. The van der Waals surface area contributed by atoms with Crippen molar-refractivity contribution in [2.75, 3.05) is 13.2 Å². The molecular weight excluding hydrogens is 154 g/mol. The Morgan fingerprint density at radius 1 is 1.75 bits per heavy atom. The first-order valence-corrected chi connectivity index (χ1v) is 4.39. The summed E-state index contributed by atoms with van der Waals surface area (Å²) in [6.07, 6.45) is 5.24. The molecule has 0 radical (unpaired) electrons. The molecule has 0 heterocycles. The molecule has 0 saturated carbocycles. The Hall–Kier alpha value is -0.830. The third-order valence-electron chi connectivity index (χ3n) is 2.12. The smallest absolute Gasteiger partial charge is 0.252 e. The zero-order chi connectivity index (χ0) is 8.97. The summed E-state index contributed by atoms with van der Waals surface area (Å²) in [5, 5.41) is 8.68. The van der Waals surface area contributed by atoms with Gasteiger partial charge in [-0.15, -0.1) is 0 Å². The van der Waals surface area contributed by atoms with Gasteiger partial charge < -0.3 is 10.0 Å². The van der Waals surface area contributed by atoms with Crippen molar-refractivity contribution in [3.8, 4) is 0 Å². The molecule has 1 rings (SSSR count). The zero-order valence-corrected chi connectivity index (χ0v) is 7.42. The van der Waals surface area contributed by atoms with Gasteiger partial charge in [0.1, 0.15) is 6.61 Å². The van der Waals surface area contributed by atoms with Gasteiger partial charge in [-0.05, 0) is 26.2 Å². The van der Waals surface area contributed by atoms with E-state index in [2.05, 4.69) is 6.08 Å². The van der Waals surface area contributed by atoms with Crippen LogP contribution in [0.15, 0.2) is 11.8 Å². The third-order valence-corrected chi connectivity index (χ3v) is 2.12. The number of nitrogens with zero attached hydrogens (tertiary/aromatic N) is 1. The van der Waals surface area contributed by atoms with Crippen LogP contribution >= 0.6 is 0 Å². The molecule has 0 saturated heterocycles. The number of carbonyl (C=O) groups is 1. The van der Waals surface area contributed by atoms with Crippen LogP contribution in [0, 0.1) is 0 Å². The van der Waals surface area contributed by atoms with Gasteiger partial charge in [0.25, 0.3) is 5.91 Å². The molecule has 1 amide bonds. The van der Waals surface area contributed by atoms with Crippen LogP contribution in [0.2, 0.25) is 0 Å². The fourth-order valence-electron chi connectivity index (χ4n) is 1.52. The maximum atomic E-state index is 11.2. The van der Waals surface area contributed by atoms with Crippen LogP contribution in [0.4, 0.5) is 0 Å². The highest BCUT2D eigenvalue weighted by Crippen LogP contribution is 2.21. The van der Waals surface area contributed by atoms with E-state index in [1.807, 2.05) is 6.92 Å². The highest BCUT2D eigenvalue weighted by atomic mass is 16.3. The molecule has 1 aliphatic carbocycles. The summed E-state index contributed by atoms with van der Waals surface area (Å²) in [4.78, 5) is 12.8. The highest BCUT2D eigenvalue weighted by molar-refractivity contribution is 5.79. The van der Waals surface area contributed by atoms with Crippen LogP contribution in [0.3, 0.4) is 0 Å². The lowest BCUT2D eigenvalue weighted by molar-refractivity contribution is -0.132. The zero-order valence-electron chi connectivity index (χ0n) is 7.42. The quantitative estimate of drug-likeness (QED) is 0.681. The minimum atomic E-state index is -0.384. The van der Waals surface area contributed by atoms with Gasteiger partial charge in [-0.2, -0.15) is 0 Å². The van der Waals surface area contributed by atoms with Crippen molar-refractivity contribution in [2.45, 2.75) is 26.2 Å². The van der Waals surface area contributed by atoms with Crippen molar-refractivity contribution >= 4 is 5.91 Å². The molecule has 0 bridgehead atoms. The molecule has 0 spiro atoms. The summed E-state index contributed by atoms with van der Waals surface area (Å²) in [5.74, 6) is -0.189. The maximum Gasteiger partial charge on any atom is 0.252 e. The van der Waals surface area contributed by atoms with Crippen LogP contribution in [0.5, 0.6) is 0 Å². The minimum Gasteiger partial charge on any atom is -0.387 e. The number of amides is 1. The molecule has 0 aliphatic heterocycles. The average molecular weight is 169 g/mol. The second-order valence-corrected chi connectivity index (χ2v) is 2.88. The molecule has 0 aromatic carbocycles. The average Bonchev–Trinajstić information content (AvgIpc) is 2.58. The van der Waals surface area contributed by atoms with E-state index in [9.17, 15) is 4.79 Å². The van der Waals surface area contributed by atoms with E-state index in [4.69, 9.17) is 5.11 Å². The number of carbonyl (C=O) groups excluding carboxylic acids is 1. The fraction of sp³-hybridized carbons (Fsp3) is 0.667. The van der Waals surface area contributed by atoms with E-state index in [-0.39, 0.29) is 12.5 Å². The van der Waals surface area contributed by atoms with Gasteiger partial charge in [-0.25, -0.2) is 0 Å². The predicted octanol–water partition coefficient (Wildman–Crippen LogP) is 0.895. The molecule has 0 atom stereocenters. The lowest BCUT2D eigenvalue weighted by atomic mass is 10.3. The van der Waals surface area contributed by atoms with E-state index >= 15 is 0 Å². The van der Waals surface area contributed by atoms with Crippen molar-refractivity contribution in [1.82, 2.24) is 4.90 Å². The van der Waals surface area contributed by atoms with Gasteiger partial charge in [0.2, 0.25) is 0 Å². The number of aliphatic hydroxyl groups is 1. The lowest BCUT2D eigenvalue weighted by Crippen LogP contribution is -2.31. The van der Waals surface area contributed by atoms with E-state index in [1.54, 1.807) is 4.90 Å². The van der Waals surface area contributed by atoms with Gasteiger partial charge in [0.05, 0.1) is 0 Å².